The fourth-order valence-corrected chi connectivity index (χ4v) is 2.92. The molecule has 0 unspecified atom stereocenters. The van der Waals surface area contributed by atoms with E-state index in [9.17, 15) is 0 Å². The molecule has 25 heavy (non-hydrogen) atoms. The maximum absolute atomic E-state index is 4.67. The molecule has 0 aliphatic carbocycles. The third kappa shape index (κ3) is 3.77. The van der Waals surface area contributed by atoms with Crippen molar-refractivity contribution < 1.29 is 0 Å². The zero-order chi connectivity index (χ0) is 16.9. The lowest BCUT2D eigenvalue weighted by Gasteiger charge is -2.20. The van der Waals surface area contributed by atoms with Crippen molar-refractivity contribution in [2.24, 2.45) is 0 Å². The molecule has 1 aliphatic rings. The number of rotatable bonds is 4. The van der Waals surface area contributed by atoms with Crippen molar-refractivity contribution in [3.05, 3.63) is 48.9 Å². The van der Waals surface area contributed by atoms with E-state index in [-0.39, 0.29) is 0 Å². The molecule has 3 N–H and O–H groups in total. The summed E-state index contributed by atoms with van der Waals surface area (Å²) in [7, 11) is 0. The van der Waals surface area contributed by atoms with Gasteiger partial charge in [-0.05, 0) is 36.7 Å². The quantitative estimate of drug-likeness (QED) is 0.679. The van der Waals surface area contributed by atoms with Crippen LogP contribution in [0.3, 0.4) is 0 Å². The molecule has 3 heterocycles. The van der Waals surface area contributed by atoms with Gasteiger partial charge in [-0.25, -0.2) is 4.98 Å². The largest absolute Gasteiger partial charge is 0.340 e. The topological polar surface area (TPSA) is 81.8 Å². The number of anilines is 3. The van der Waals surface area contributed by atoms with E-state index in [1.165, 1.54) is 0 Å². The summed E-state index contributed by atoms with van der Waals surface area (Å²) in [4.78, 5) is 11.3. The van der Waals surface area contributed by atoms with E-state index in [1.54, 1.807) is 0 Å². The Bertz CT molecular complexity index is 791. The van der Waals surface area contributed by atoms with Crippen molar-refractivity contribution >= 4 is 17.5 Å². The van der Waals surface area contributed by atoms with Crippen LogP contribution < -0.4 is 15.5 Å². The summed E-state index contributed by atoms with van der Waals surface area (Å²) < 4.78 is 0. The predicted octanol–water partition coefficient (Wildman–Crippen LogP) is 2.41. The summed E-state index contributed by atoms with van der Waals surface area (Å²) in [5.74, 6) is 1.59. The van der Waals surface area contributed by atoms with Gasteiger partial charge in [-0.15, -0.1) is 0 Å². The van der Waals surface area contributed by atoms with Gasteiger partial charge in [-0.1, -0.05) is 12.1 Å². The van der Waals surface area contributed by atoms with E-state index in [0.29, 0.717) is 0 Å². The smallest absolute Gasteiger partial charge is 0.227 e. The molecule has 0 bridgehead atoms. The molecule has 2 aromatic heterocycles. The van der Waals surface area contributed by atoms with Crippen LogP contribution in [0.15, 0.2) is 48.9 Å². The minimum Gasteiger partial charge on any atom is -0.340 e. The molecule has 0 amide bonds. The molecule has 128 valence electrons. The number of benzene rings is 1. The average Bonchev–Trinajstić information content (AvgIpc) is 3.05. The Morgan fingerprint density at radius 2 is 1.92 bits per heavy atom. The Morgan fingerprint density at radius 1 is 1.00 bits per heavy atom. The standard InChI is InChI=1S/C18H21N7/c1-7-19-9-11-25(10-1)18-20-8-6-17(24-18)23-16-4-2-14(3-5-16)15-12-21-22-13-15/h2-6,8,12-13,19H,1,7,9-11H2,(H,21,22)(H,20,23,24). The van der Waals surface area contributed by atoms with Crippen molar-refractivity contribution in [2.45, 2.75) is 6.42 Å². The Balaban J connectivity index is 1.48. The van der Waals surface area contributed by atoms with Gasteiger partial charge in [0.1, 0.15) is 5.82 Å². The highest BCUT2D eigenvalue weighted by Gasteiger charge is 2.12. The van der Waals surface area contributed by atoms with Crippen LogP contribution in [0.4, 0.5) is 17.5 Å². The summed E-state index contributed by atoms with van der Waals surface area (Å²) in [6, 6.07) is 10.1. The molecular formula is C18H21N7. The minimum atomic E-state index is 0.781. The van der Waals surface area contributed by atoms with Gasteiger partial charge in [0.25, 0.3) is 0 Å². The highest BCUT2D eigenvalue weighted by atomic mass is 15.3. The maximum Gasteiger partial charge on any atom is 0.227 e. The molecule has 7 heteroatoms. The Hall–Kier alpha value is -2.93. The molecule has 1 aliphatic heterocycles. The number of nitrogens with zero attached hydrogens (tertiary/aromatic N) is 4. The summed E-state index contributed by atoms with van der Waals surface area (Å²) in [6.45, 7) is 3.94. The van der Waals surface area contributed by atoms with Crippen molar-refractivity contribution in [2.75, 3.05) is 36.4 Å². The predicted molar refractivity (Wildman–Crippen MR) is 99.0 cm³/mol. The highest BCUT2D eigenvalue weighted by molar-refractivity contribution is 5.66. The first-order valence-corrected chi connectivity index (χ1v) is 8.53. The van der Waals surface area contributed by atoms with Gasteiger partial charge in [0, 0.05) is 43.3 Å². The second-order valence-corrected chi connectivity index (χ2v) is 6.02. The second kappa shape index (κ2) is 7.31. The lowest BCUT2D eigenvalue weighted by atomic mass is 10.1. The van der Waals surface area contributed by atoms with E-state index < -0.39 is 0 Å². The van der Waals surface area contributed by atoms with Crippen LogP contribution in [0.25, 0.3) is 11.1 Å². The molecule has 0 radical (unpaired) electrons. The van der Waals surface area contributed by atoms with Gasteiger partial charge in [0.15, 0.2) is 0 Å². The molecule has 1 fully saturated rings. The maximum atomic E-state index is 4.67. The van der Waals surface area contributed by atoms with Crippen molar-refractivity contribution in [1.82, 2.24) is 25.5 Å². The first-order valence-electron chi connectivity index (χ1n) is 8.53. The fourth-order valence-electron chi connectivity index (χ4n) is 2.92. The molecule has 3 aromatic rings. The van der Waals surface area contributed by atoms with Crippen LogP contribution in [0.2, 0.25) is 0 Å². The van der Waals surface area contributed by atoms with Gasteiger partial charge in [-0.3, -0.25) is 5.10 Å². The number of aromatic nitrogens is 4. The van der Waals surface area contributed by atoms with E-state index in [0.717, 1.165) is 61.2 Å². The third-order valence-corrected chi connectivity index (χ3v) is 4.25. The normalized spacial score (nSPS) is 15.0. The van der Waals surface area contributed by atoms with E-state index in [2.05, 4.69) is 47.8 Å². The number of H-pyrrole nitrogens is 1. The summed E-state index contributed by atoms with van der Waals surface area (Å²) in [6.07, 6.45) is 6.61. The van der Waals surface area contributed by atoms with E-state index in [1.807, 2.05) is 36.8 Å². The molecule has 0 atom stereocenters. The number of aromatic amines is 1. The third-order valence-electron chi connectivity index (χ3n) is 4.25. The number of nitrogens with one attached hydrogen (secondary N) is 3. The van der Waals surface area contributed by atoms with Gasteiger partial charge in [-0.2, -0.15) is 10.1 Å². The average molecular weight is 335 g/mol. The monoisotopic (exact) mass is 335 g/mol. The van der Waals surface area contributed by atoms with Crippen LogP contribution in [-0.4, -0.2) is 46.3 Å². The van der Waals surface area contributed by atoms with Crippen LogP contribution in [0.1, 0.15) is 6.42 Å². The van der Waals surface area contributed by atoms with Crippen LogP contribution in [-0.2, 0) is 0 Å². The van der Waals surface area contributed by atoms with Crippen LogP contribution in [0, 0.1) is 0 Å². The Labute approximate surface area is 146 Å². The number of hydrogen-bond donors (Lipinski definition) is 3. The van der Waals surface area contributed by atoms with Crippen LogP contribution in [0.5, 0.6) is 0 Å². The highest BCUT2D eigenvalue weighted by Crippen LogP contribution is 2.22. The SMILES string of the molecule is c1cc(Nc2ccc(-c3cn[nH]c3)cc2)nc(N2CCCNCC2)n1. The first kappa shape index (κ1) is 15.6. The molecule has 7 nitrogen and oxygen atoms in total. The summed E-state index contributed by atoms with van der Waals surface area (Å²) >= 11 is 0. The fraction of sp³-hybridized carbons (Fsp3) is 0.278. The van der Waals surface area contributed by atoms with Gasteiger partial charge >= 0.3 is 0 Å². The van der Waals surface area contributed by atoms with Gasteiger partial charge in [0.05, 0.1) is 6.20 Å². The molecular weight excluding hydrogens is 314 g/mol. The van der Waals surface area contributed by atoms with Gasteiger partial charge in [0.2, 0.25) is 5.95 Å². The lowest BCUT2D eigenvalue weighted by molar-refractivity contribution is 0.724. The lowest BCUT2D eigenvalue weighted by Crippen LogP contribution is -2.29. The Kier molecular flexibility index (Phi) is 4.56. The zero-order valence-electron chi connectivity index (χ0n) is 13.9. The minimum absolute atomic E-state index is 0.781. The molecule has 4 rings (SSSR count). The first-order chi connectivity index (χ1) is 12.4. The van der Waals surface area contributed by atoms with Crippen molar-refractivity contribution in [3.8, 4) is 11.1 Å². The van der Waals surface area contributed by atoms with E-state index >= 15 is 0 Å². The van der Waals surface area contributed by atoms with E-state index in [4.69, 9.17) is 0 Å². The second-order valence-electron chi connectivity index (χ2n) is 6.02. The summed E-state index contributed by atoms with van der Waals surface area (Å²) in [5.41, 5.74) is 3.19. The van der Waals surface area contributed by atoms with Crippen LogP contribution >= 0.6 is 0 Å². The zero-order valence-corrected chi connectivity index (χ0v) is 13.9. The molecule has 1 aromatic carbocycles. The molecule has 0 saturated carbocycles. The molecule has 1 saturated heterocycles. The molecule has 0 spiro atoms. The van der Waals surface area contributed by atoms with Gasteiger partial charge < -0.3 is 15.5 Å². The Morgan fingerprint density at radius 3 is 2.76 bits per heavy atom. The summed E-state index contributed by atoms with van der Waals surface area (Å²) in [5, 5.41) is 13.6. The van der Waals surface area contributed by atoms with Crippen molar-refractivity contribution in [3.63, 3.8) is 0 Å². The van der Waals surface area contributed by atoms with Crippen molar-refractivity contribution in [1.29, 1.82) is 0 Å². The number of hydrogen-bond acceptors (Lipinski definition) is 6.